The Hall–Kier alpha value is -1.77. The van der Waals surface area contributed by atoms with Crippen molar-refractivity contribution in [3.63, 3.8) is 0 Å². The van der Waals surface area contributed by atoms with Gasteiger partial charge in [-0.15, -0.1) is 0 Å². The molecule has 1 aromatic rings. The SMILES string of the molecule is CCCCCCCCCCCCCCCCCCN(C)S(=O)(=O)c1ccc(Cl)c(N/C(=C/C(=O)OCC)OCC)c1. The van der Waals surface area contributed by atoms with Crippen molar-refractivity contribution >= 4 is 33.3 Å². The lowest BCUT2D eigenvalue weighted by Crippen LogP contribution is -2.28. The second-order valence-corrected chi connectivity index (χ2v) is 13.0. The molecule has 0 fully saturated rings. The Morgan fingerprint density at radius 2 is 1.29 bits per heavy atom. The molecule has 0 amide bonds. The third-order valence-corrected chi connectivity index (χ3v) is 9.25. The summed E-state index contributed by atoms with van der Waals surface area (Å²) in [5.41, 5.74) is 0.326. The van der Waals surface area contributed by atoms with Gasteiger partial charge in [0.1, 0.15) is 0 Å². The fraction of sp³-hybridized carbons (Fsp3) is 0.719. The molecule has 0 aliphatic heterocycles. The number of nitrogens with zero attached hydrogens (tertiary/aromatic N) is 1. The minimum Gasteiger partial charge on any atom is -0.479 e. The minimum absolute atomic E-state index is 0.121. The summed E-state index contributed by atoms with van der Waals surface area (Å²) < 4.78 is 38.2. The lowest BCUT2D eigenvalue weighted by molar-refractivity contribution is -0.137. The Kier molecular flexibility index (Phi) is 20.7. The molecule has 0 bridgehead atoms. The first-order valence-corrected chi connectivity index (χ1v) is 17.6. The van der Waals surface area contributed by atoms with Crippen LogP contribution in [0.4, 0.5) is 5.69 Å². The zero-order valence-corrected chi connectivity index (χ0v) is 27.6. The first-order chi connectivity index (χ1) is 19.8. The summed E-state index contributed by atoms with van der Waals surface area (Å²) in [6.45, 7) is 6.74. The molecule has 0 atom stereocenters. The first kappa shape index (κ1) is 37.3. The predicted octanol–water partition coefficient (Wildman–Crippen LogP) is 9.07. The third kappa shape index (κ3) is 16.5. The van der Waals surface area contributed by atoms with Crippen LogP contribution in [0.5, 0.6) is 0 Å². The predicted molar refractivity (Wildman–Crippen MR) is 171 cm³/mol. The van der Waals surface area contributed by atoms with Crippen LogP contribution in [0.15, 0.2) is 35.1 Å². The van der Waals surface area contributed by atoms with Crippen molar-refractivity contribution < 1.29 is 22.7 Å². The van der Waals surface area contributed by atoms with Crippen LogP contribution < -0.4 is 5.32 Å². The van der Waals surface area contributed by atoms with E-state index in [-0.39, 0.29) is 17.4 Å². The molecule has 0 saturated carbocycles. The van der Waals surface area contributed by atoms with Gasteiger partial charge in [0, 0.05) is 13.6 Å². The Balaban J connectivity index is 2.37. The van der Waals surface area contributed by atoms with Crippen LogP contribution in [0.2, 0.25) is 5.02 Å². The molecule has 0 saturated heterocycles. The molecule has 9 heteroatoms. The van der Waals surface area contributed by atoms with E-state index in [0.29, 0.717) is 23.9 Å². The largest absolute Gasteiger partial charge is 0.479 e. The number of nitrogens with one attached hydrogen (secondary N) is 1. The van der Waals surface area contributed by atoms with Gasteiger partial charge in [-0.25, -0.2) is 17.5 Å². The van der Waals surface area contributed by atoms with Crippen LogP contribution in [0, 0.1) is 0 Å². The molecule has 0 heterocycles. The molecule has 0 aliphatic carbocycles. The Labute approximate surface area is 255 Å². The van der Waals surface area contributed by atoms with E-state index in [2.05, 4.69) is 12.2 Å². The molecule has 7 nitrogen and oxygen atoms in total. The number of esters is 1. The van der Waals surface area contributed by atoms with Crippen LogP contribution in [0.25, 0.3) is 0 Å². The van der Waals surface area contributed by atoms with Crippen molar-refractivity contribution in [3.05, 3.63) is 35.2 Å². The van der Waals surface area contributed by atoms with Crippen molar-refractivity contribution in [1.29, 1.82) is 0 Å². The van der Waals surface area contributed by atoms with E-state index in [1.807, 2.05) is 0 Å². The Morgan fingerprint density at radius 3 is 1.78 bits per heavy atom. The molecule has 0 aliphatic rings. The highest BCUT2D eigenvalue weighted by Gasteiger charge is 2.22. The van der Waals surface area contributed by atoms with Crippen LogP contribution in [0.1, 0.15) is 124 Å². The summed E-state index contributed by atoms with van der Waals surface area (Å²) in [4.78, 5) is 12.0. The lowest BCUT2D eigenvalue weighted by atomic mass is 10.0. The molecule has 41 heavy (non-hydrogen) atoms. The molecule has 0 radical (unpaired) electrons. The smallest absolute Gasteiger partial charge is 0.336 e. The number of rotatable bonds is 25. The van der Waals surface area contributed by atoms with Crippen molar-refractivity contribution in [2.24, 2.45) is 0 Å². The third-order valence-electron chi connectivity index (χ3n) is 7.07. The van der Waals surface area contributed by atoms with Crippen molar-refractivity contribution in [2.75, 3.05) is 32.1 Å². The maximum Gasteiger partial charge on any atom is 0.336 e. The number of benzene rings is 1. The van der Waals surface area contributed by atoms with E-state index in [1.165, 1.54) is 112 Å². The maximum absolute atomic E-state index is 13.2. The lowest BCUT2D eigenvalue weighted by Gasteiger charge is -2.19. The molecular weight excluding hydrogens is 560 g/mol. The molecule has 1 aromatic carbocycles. The van der Waals surface area contributed by atoms with E-state index >= 15 is 0 Å². The quantitative estimate of drug-likeness (QED) is 0.0512. The highest BCUT2D eigenvalue weighted by Crippen LogP contribution is 2.28. The average Bonchev–Trinajstić information content (AvgIpc) is 2.94. The fourth-order valence-electron chi connectivity index (χ4n) is 4.64. The molecule has 1 rings (SSSR count). The summed E-state index contributed by atoms with van der Waals surface area (Å²) in [6.07, 6.45) is 21.7. The van der Waals surface area contributed by atoms with Crippen molar-refractivity contribution in [2.45, 2.75) is 128 Å². The highest BCUT2D eigenvalue weighted by molar-refractivity contribution is 7.89. The summed E-state index contributed by atoms with van der Waals surface area (Å²) in [5.74, 6) is -0.439. The number of carbonyl (C=O) groups excluding carboxylic acids is 1. The van der Waals surface area contributed by atoms with Gasteiger partial charge in [-0.3, -0.25) is 0 Å². The number of hydrogen-bond acceptors (Lipinski definition) is 6. The van der Waals surface area contributed by atoms with Crippen molar-refractivity contribution in [3.8, 4) is 0 Å². The average molecular weight is 615 g/mol. The first-order valence-electron chi connectivity index (χ1n) is 15.8. The molecule has 0 aromatic heterocycles. The fourth-order valence-corrected chi connectivity index (χ4v) is 6.04. The van der Waals surface area contributed by atoms with Crippen LogP contribution >= 0.6 is 11.6 Å². The summed E-state index contributed by atoms with van der Waals surface area (Å²) in [5, 5.41) is 3.22. The van der Waals surface area contributed by atoms with Gasteiger partial charge in [-0.1, -0.05) is 115 Å². The van der Waals surface area contributed by atoms with Crippen LogP contribution in [-0.2, 0) is 24.3 Å². The highest BCUT2D eigenvalue weighted by atomic mass is 35.5. The number of ether oxygens (including phenoxy) is 2. The number of unbranched alkanes of at least 4 members (excludes halogenated alkanes) is 15. The van der Waals surface area contributed by atoms with Gasteiger partial charge in [0.15, 0.2) is 5.88 Å². The number of carbonyl (C=O) groups is 1. The van der Waals surface area contributed by atoms with E-state index in [4.69, 9.17) is 21.1 Å². The number of hydrogen-bond donors (Lipinski definition) is 1. The molecule has 0 spiro atoms. The second kappa shape index (κ2) is 22.8. The normalized spacial score (nSPS) is 12.1. The molecule has 1 N–H and O–H groups in total. The summed E-state index contributed by atoms with van der Waals surface area (Å²) >= 11 is 6.31. The maximum atomic E-state index is 13.2. The topological polar surface area (TPSA) is 84.9 Å². The van der Waals surface area contributed by atoms with Crippen LogP contribution in [0.3, 0.4) is 0 Å². The minimum atomic E-state index is -3.70. The van der Waals surface area contributed by atoms with E-state index in [9.17, 15) is 13.2 Å². The number of sulfonamides is 1. The van der Waals surface area contributed by atoms with Gasteiger partial charge in [-0.2, -0.15) is 0 Å². The van der Waals surface area contributed by atoms with Gasteiger partial charge < -0.3 is 14.8 Å². The number of halogens is 1. The summed E-state index contributed by atoms with van der Waals surface area (Å²) in [7, 11) is -2.09. The summed E-state index contributed by atoms with van der Waals surface area (Å²) in [6, 6.07) is 4.47. The van der Waals surface area contributed by atoms with E-state index in [0.717, 1.165) is 19.3 Å². The van der Waals surface area contributed by atoms with E-state index < -0.39 is 16.0 Å². The van der Waals surface area contributed by atoms with Crippen molar-refractivity contribution in [1.82, 2.24) is 4.31 Å². The van der Waals surface area contributed by atoms with Gasteiger partial charge in [0.2, 0.25) is 10.0 Å². The second-order valence-electron chi connectivity index (χ2n) is 10.6. The zero-order chi connectivity index (χ0) is 30.3. The van der Waals surface area contributed by atoms with Crippen LogP contribution in [-0.4, -0.2) is 45.5 Å². The van der Waals surface area contributed by atoms with E-state index in [1.54, 1.807) is 20.9 Å². The molecule has 236 valence electrons. The standard InChI is InChI=1S/C32H55ClN2O5S/c1-5-8-9-10-11-12-13-14-15-16-17-18-19-20-21-22-25-35(4)41(37,38)28-23-24-29(33)30(26-28)34-31(39-6-2)27-32(36)40-7-3/h23-24,26-27,34H,5-22,25H2,1-4H3/b31-27-. The zero-order valence-electron chi connectivity index (χ0n) is 26.0. The molecular formula is C32H55ClN2O5S. The van der Waals surface area contributed by atoms with Gasteiger partial charge in [-0.05, 0) is 38.5 Å². The van der Waals surface area contributed by atoms with Gasteiger partial charge >= 0.3 is 5.97 Å². The Morgan fingerprint density at radius 1 is 0.805 bits per heavy atom. The van der Waals surface area contributed by atoms with Gasteiger partial charge in [0.25, 0.3) is 0 Å². The molecule has 0 unspecified atom stereocenters. The number of anilines is 1. The van der Waals surface area contributed by atoms with Gasteiger partial charge in [0.05, 0.1) is 34.9 Å². The Bertz CT molecular complexity index is 984. The monoisotopic (exact) mass is 614 g/mol.